The third-order valence-corrected chi connectivity index (χ3v) is 7.47. The van der Waals surface area contributed by atoms with E-state index in [9.17, 15) is 13.2 Å². The monoisotopic (exact) mass is 503 g/mol. The fourth-order valence-electron chi connectivity index (χ4n) is 3.40. The zero-order valence-corrected chi connectivity index (χ0v) is 20.6. The summed E-state index contributed by atoms with van der Waals surface area (Å²) in [7, 11) is -3.40. The van der Waals surface area contributed by atoms with E-state index in [1.807, 2.05) is 26.0 Å². The molecule has 2 aromatic heterocycles. The molecule has 1 aliphatic heterocycles. The van der Waals surface area contributed by atoms with Crippen LogP contribution in [0.15, 0.2) is 46.5 Å². The molecule has 0 saturated heterocycles. The standard InChI is InChI=1S/C23H25N3O6S2/c1-4-13(2)31-19-9-16(32-15-5-6-20(24-11-15)34(3,29)30)7-14-8-18(26-22(14)19)23-25-12-17(33-23)10-21(27)28/h5-9,11,13,17,26H,4,10,12H2,1-3H3,(H,27,28). The maximum absolute atomic E-state index is 11.6. The summed E-state index contributed by atoms with van der Waals surface area (Å²) in [6, 6.07) is 8.51. The summed E-state index contributed by atoms with van der Waals surface area (Å²) in [6.45, 7) is 4.47. The van der Waals surface area contributed by atoms with Crippen LogP contribution in [0.2, 0.25) is 0 Å². The number of ether oxygens (including phenoxy) is 2. The molecule has 1 aromatic carbocycles. The van der Waals surface area contributed by atoms with Gasteiger partial charge in [-0.25, -0.2) is 13.4 Å². The Morgan fingerprint density at radius 3 is 2.74 bits per heavy atom. The SMILES string of the molecule is CCC(C)Oc1cc(Oc2ccc(S(C)(=O)=O)nc2)cc2cc(C3=NCC(CC(=O)O)S3)[nH]c12. The second-order valence-electron chi connectivity index (χ2n) is 8.10. The Bertz CT molecular complexity index is 1350. The van der Waals surface area contributed by atoms with Gasteiger partial charge in [-0.3, -0.25) is 9.79 Å². The van der Waals surface area contributed by atoms with Gasteiger partial charge in [-0.15, -0.1) is 0 Å². The molecule has 3 heterocycles. The number of aliphatic imine (C=N–C) groups is 1. The molecule has 0 saturated carbocycles. The van der Waals surface area contributed by atoms with Crippen molar-refractivity contribution in [2.24, 2.45) is 4.99 Å². The highest BCUT2D eigenvalue weighted by Crippen LogP contribution is 2.36. The van der Waals surface area contributed by atoms with Crippen LogP contribution >= 0.6 is 11.8 Å². The van der Waals surface area contributed by atoms with Crippen LogP contribution < -0.4 is 9.47 Å². The summed E-state index contributed by atoms with van der Waals surface area (Å²) in [5.41, 5.74) is 1.58. The number of nitrogens with zero attached hydrogens (tertiary/aromatic N) is 2. The van der Waals surface area contributed by atoms with Gasteiger partial charge in [0.2, 0.25) is 0 Å². The number of carbonyl (C=O) groups is 1. The van der Waals surface area contributed by atoms with Crippen molar-refractivity contribution in [3.8, 4) is 17.2 Å². The Labute approximate surface area is 201 Å². The topological polar surface area (TPSA) is 131 Å². The number of carboxylic acids is 1. The van der Waals surface area contributed by atoms with Gasteiger partial charge in [0.25, 0.3) is 0 Å². The Kier molecular flexibility index (Phi) is 6.85. The summed E-state index contributed by atoms with van der Waals surface area (Å²) in [6.07, 6.45) is 3.31. The van der Waals surface area contributed by atoms with Gasteiger partial charge in [0, 0.05) is 23.0 Å². The van der Waals surface area contributed by atoms with Crippen molar-refractivity contribution in [3.63, 3.8) is 0 Å². The molecule has 2 unspecified atom stereocenters. The van der Waals surface area contributed by atoms with Gasteiger partial charge in [0.15, 0.2) is 14.9 Å². The zero-order valence-electron chi connectivity index (χ0n) is 18.9. The number of pyridine rings is 1. The number of nitrogens with one attached hydrogen (secondary N) is 1. The van der Waals surface area contributed by atoms with E-state index in [-0.39, 0.29) is 22.8 Å². The third-order valence-electron chi connectivity index (χ3n) is 5.24. The zero-order chi connectivity index (χ0) is 24.5. The molecule has 0 spiro atoms. The number of carboxylic acid groups (broad SMARTS) is 1. The fourth-order valence-corrected chi connectivity index (χ4v) is 5.04. The molecule has 0 fully saturated rings. The molecule has 0 radical (unpaired) electrons. The van der Waals surface area contributed by atoms with Crippen LogP contribution in [-0.2, 0) is 14.6 Å². The van der Waals surface area contributed by atoms with Crippen LogP contribution in [-0.4, -0.2) is 58.7 Å². The van der Waals surface area contributed by atoms with Gasteiger partial charge in [-0.1, -0.05) is 18.7 Å². The molecule has 0 aliphatic carbocycles. The van der Waals surface area contributed by atoms with Gasteiger partial charge >= 0.3 is 5.97 Å². The van der Waals surface area contributed by atoms with Gasteiger partial charge in [-0.2, -0.15) is 0 Å². The smallest absolute Gasteiger partial charge is 0.304 e. The first-order valence-corrected chi connectivity index (χ1v) is 13.5. The average molecular weight is 504 g/mol. The maximum Gasteiger partial charge on any atom is 0.304 e. The molecule has 0 bridgehead atoms. The summed E-state index contributed by atoms with van der Waals surface area (Å²) in [5.74, 6) is 0.675. The first-order chi connectivity index (χ1) is 16.1. The summed E-state index contributed by atoms with van der Waals surface area (Å²) < 4.78 is 35.4. The molecule has 34 heavy (non-hydrogen) atoms. The number of thioether (sulfide) groups is 1. The molecular weight excluding hydrogens is 478 g/mol. The number of aromatic nitrogens is 2. The highest BCUT2D eigenvalue weighted by atomic mass is 32.2. The lowest BCUT2D eigenvalue weighted by atomic mass is 10.2. The average Bonchev–Trinajstić information content (AvgIpc) is 3.40. The molecule has 180 valence electrons. The van der Waals surface area contributed by atoms with Crippen LogP contribution in [0, 0.1) is 0 Å². The first kappa shape index (κ1) is 24.1. The van der Waals surface area contributed by atoms with E-state index in [0.717, 1.165) is 34.3 Å². The Hall–Kier alpha value is -3.05. The Balaban J connectivity index is 1.65. The molecule has 2 atom stereocenters. The number of aliphatic carboxylic acids is 1. The van der Waals surface area contributed by atoms with Crippen molar-refractivity contribution >= 4 is 43.5 Å². The lowest BCUT2D eigenvalue weighted by Crippen LogP contribution is -2.10. The molecule has 3 aromatic rings. The van der Waals surface area contributed by atoms with E-state index in [4.69, 9.17) is 14.6 Å². The van der Waals surface area contributed by atoms with E-state index in [2.05, 4.69) is 15.0 Å². The number of H-pyrrole nitrogens is 1. The quantitative estimate of drug-likeness (QED) is 0.443. The van der Waals surface area contributed by atoms with Gasteiger partial charge in [-0.05, 0) is 37.6 Å². The lowest BCUT2D eigenvalue weighted by Gasteiger charge is -2.15. The first-order valence-electron chi connectivity index (χ1n) is 10.7. The minimum atomic E-state index is -3.40. The highest BCUT2D eigenvalue weighted by Gasteiger charge is 2.25. The van der Waals surface area contributed by atoms with E-state index >= 15 is 0 Å². The van der Waals surface area contributed by atoms with Crippen molar-refractivity contribution in [1.29, 1.82) is 0 Å². The molecule has 2 N–H and O–H groups in total. The molecule has 11 heteroatoms. The summed E-state index contributed by atoms with van der Waals surface area (Å²) >= 11 is 1.45. The number of aromatic amines is 1. The second kappa shape index (κ2) is 9.67. The van der Waals surface area contributed by atoms with E-state index in [1.165, 1.54) is 24.0 Å². The largest absolute Gasteiger partial charge is 0.488 e. The fraction of sp³-hybridized carbons (Fsp3) is 0.348. The predicted molar refractivity (Wildman–Crippen MR) is 131 cm³/mol. The van der Waals surface area contributed by atoms with Crippen LogP contribution in [0.4, 0.5) is 0 Å². The lowest BCUT2D eigenvalue weighted by molar-refractivity contribution is -0.136. The van der Waals surface area contributed by atoms with Crippen LogP contribution in [0.1, 0.15) is 32.4 Å². The number of benzene rings is 1. The van der Waals surface area contributed by atoms with Crippen molar-refractivity contribution in [1.82, 2.24) is 9.97 Å². The van der Waals surface area contributed by atoms with Gasteiger partial charge in [0.1, 0.15) is 22.3 Å². The highest BCUT2D eigenvalue weighted by molar-refractivity contribution is 8.15. The summed E-state index contributed by atoms with van der Waals surface area (Å²) in [5, 5.41) is 10.6. The number of hydrogen-bond donors (Lipinski definition) is 2. The summed E-state index contributed by atoms with van der Waals surface area (Å²) in [4.78, 5) is 22.9. The van der Waals surface area contributed by atoms with Gasteiger partial charge < -0.3 is 19.6 Å². The molecular formula is C23H25N3O6S2. The van der Waals surface area contributed by atoms with Crippen molar-refractivity contribution in [3.05, 3.63) is 42.2 Å². The van der Waals surface area contributed by atoms with Crippen molar-refractivity contribution in [2.45, 2.75) is 43.1 Å². The maximum atomic E-state index is 11.6. The van der Waals surface area contributed by atoms with E-state index in [0.29, 0.717) is 23.8 Å². The van der Waals surface area contributed by atoms with Crippen LogP contribution in [0.5, 0.6) is 17.2 Å². The minimum Gasteiger partial charge on any atom is -0.488 e. The van der Waals surface area contributed by atoms with Crippen LogP contribution in [0.25, 0.3) is 10.9 Å². The Morgan fingerprint density at radius 2 is 2.09 bits per heavy atom. The Morgan fingerprint density at radius 1 is 1.29 bits per heavy atom. The van der Waals surface area contributed by atoms with Gasteiger partial charge in [0.05, 0.1) is 36.5 Å². The normalized spacial score (nSPS) is 16.9. The number of hydrogen-bond acceptors (Lipinski definition) is 8. The minimum absolute atomic E-state index is 0.0255. The molecule has 1 aliphatic rings. The van der Waals surface area contributed by atoms with E-state index in [1.54, 1.807) is 12.1 Å². The van der Waals surface area contributed by atoms with Crippen molar-refractivity contribution in [2.75, 3.05) is 12.8 Å². The number of rotatable bonds is 9. The van der Waals surface area contributed by atoms with E-state index < -0.39 is 15.8 Å². The third kappa shape index (κ3) is 5.53. The second-order valence-corrected chi connectivity index (χ2v) is 11.3. The van der Waals surface area contributed by atoms with Crippen molar-refractivity contribution < 1.29 is 27.8 Å². The van der Waals surface area contributed by atoms with Crippen LogP contribution in [0.3, 0.4) is 0 Å². The number of fused-ring (bicyclic) bond motifs is 1. The number of sulfone groups is 1. The predicted octanol–water partition coefficient (Wildman–Crippen LogP) is 4.27. The molecule has 4 rings (SSSR count). The molecule has 9 nitrogen and oxygen atoms in total. The molecule has 0 amide bonds.